The Labute approximate surface area is 223 Å². The number of hydrogen-bond acceptors (Lipinski definition) is 9. The van der Waals surface area contributed by atoms with E-state index < -0.39 is 6.03 Å². The largest absolute Gasteiger partial charge is 0.497 e. The lowest BCUT2D eigenvalue weighted by molar-refractivity contribution is 0.262. The Hall–Kier alpha value is -5.03. The van der Waals surface area contributed by atoms with Gasteiger partial charge in [-0.05, 0) is 43.3 Å². The zero-order valence-corrected chi connectivity index (χ0v) is 21.4. The predicted octanol–water partition coefficient (Wildman–Crippen LogP) is 6.44. The van der Waals surface area contributed by atoms with Crippen molar-refractivity contribution in [3.63, 3.8) is 0 Å². The predicted molar refractivity (Wildman–Crippen MR) is 151 cm³/mol. The van der Waals surface area contributed by atoms with Crippen LogP contribution < -0.4 is 26.0 Å². The molecule has 0 fully saturated rings. The Balaban J connectivity index is 1.38. The van der Waals surface area contributed by atoms with E-state index in [1.165, 1.54) is 11.3 Å². The van der Waals surface area contributed by atoms with Crippen LogP contribution >= 0.6 is 11.3 Å². The van der Waals surface area contributed by atoms with E-state index in [9.17, 15) is 4.79 Å². The van der Waals surface area contributed by atoms with E-state index in [0.717, 1.165) is 28.3 Å². The van der Waals surface area contributed by atoms with Crippen LogP contribution in [0.25, 0.3) is 11.3 Å². The summed E-state index contributed by atoms with van der Waals surface area (Å²) in [5.41, 5.74) is 4.31. The van der Waals surface area contributed by atoms with Crippen molar-refractivity contribution >= 4 is 51.7 Å². The molecule has 0 aliphatic heterocycles. The fraction of sp³-hybridized carbons (Fsp3) is 0.0741. The number of nitrogens with zero attached hydrogens (tertiary/aromatic N) is 4. The van der Waals surface area contributed by atoms with Gasteiger partial charge in [0.25, 0.3) is 0 Å². The average molecular weight is 525 g/mol. The van der Waals surface area contributed by atoms with Crippen LogP contribution in [0, 0.1) is 6.92 Å². The lowest BCUT2D eigenvalue weighted by atomic mass is 10.2. The molecule has 0 bridgehead atoms. The summed E-state index contributed by atoms with van der Waals surface area (Å²) in [6, 6.07) is 24.1. The monoisotopic (exact) mass is 524 g/mol. The molecule has 0 radical (unpaired) electrons. The standard InChI is InChI=1S/C27H24N8O2S/c1-17-8-10-20(11-9-17)29-26(36)34-24-31-23(28-19-12-14-21(37-2)15-13-19)32-25(33-24)35-27-30-22(16-38-27)18-6-4-3-5-7-18/h3-16H,1-2H3,(H4,28,29,30,31,32,33,34,35,36). The summed E-state index contributed by atoms with van der Waals surface area (Å²) in [7, 11) is 1.60. The van der Waals surface area contributed by atoms with E-state index in [4.69, 9.17) is 4.74 Å². The number of anilines is 6. The Morgan fingerprint density at radius 2 is 1.39 bits per heavy atom. The number of urea groups is 1. The molecule has 2 heterocycles. The first-order valence-corrected chi connectivity index (χ1v) is 12.5. The molecule has 2 aromatic heterocycles. The van der Waals surface area contributed by atoms with Gasteiger partial charge in [0.1, 0.15) is 5.75 Å². The quantitative estimate of drug-likeness (QED) is 0.183. The molecular formula is C27H24N8O2S. The van der Waals surface area contributed by atoms with E-state index in [1.807, 2.05) is 91.2 Å². The van der Waals surface area contributed by atoms with Crippen molar-refractivity contribution in [2.24, 2.45) is 0 Å². The number of benzene rings is 3. The van der Waals surface area contributed by atoms with E-state index in [2.05, 4.69) is 41.2 Å². The first-order chi connectivity index (χ1) is 18.5. The van der Waals surface area contributed by atoms with Gasteiger partial charge in [-0.25, -0.2) is 9.78 Å². The molecule has 0 aliphatic carbocycles. The van der Waals surface area contributed by atoms with Gasteiger partial charge < -0.3 is 15.4 Å². The van der Waals surface area contributed by atoms with Crippen LogP contribution in [0.2, 0.25) is 0 Å². The van der Waals surface area contributed by atoms with Gasteiger partial charge in [0.15, 0.2) is 5.13 Å². The fourth-order valence-electron chi connectivity index (χ4n) is 3.42. The van der Waals surface area contributed by atoms with Crippen molar-refractivity contribution in [1.82, 2.24) is 19.9 Å². The minimum absolute atomic E-state index is 0.0583. The molecule has 38 heavy (non-hydrogen) atoms. The fourth-order valence-corrected chi connectivity index (χ4v) is 4.13. The molecule has 5 aromatic rings. The molecule has 0 spiro atoms. The summed E-state index contributed by atoms with van der Waals surface area (Å²) in [4.78, 5) is 30.5. The maximum Gasteiger partial charge on any atom is 0.326 e. The number of ether oxygens (including phenoxy) is 1. The molecule has 0 saturated carbocycles. The number of methoxy groups -OCH3 is 1. The molecular weight excluding hydrogens is 500 g/mol. The first-order valence-electron chi connectivity index (χ1n) is 11.6. The maximum absolute atomic E-state index is 12.6. The number of rotatable bonds is 8. The molecule has 10 nitrogen and oxygen atoms in total. The van der Waals surface area contributed by atoms with Crippen molar-refractivity contribution < 1.29 is 9.53 Å². The van der Waals surface area contributed by atoms with Crippen LogP contribution in [0.15, 0.2) is 84.2 Å². The van der Waals surface area contributed by atoms with E-state index in [1.54, 1.807) is 7.11 Å². The zero-order valence-electron chi connectivity index (χ0n) is 20.6. The summed E-state index contributed by atoms with van der Waals surface area (Å²) < 4.78 is 5.22. The number of aromatic nitrogens is 4. The molecule has 0 atom stereocenters. The smallest absolute Gasteiger partial charge is 0.326 e. The minimum Gasteiger partial charge on any atom is -0.497 e. The van der Waals surface area contributed by atoms with Gasteiger partial charge in [-0.15, -0.1) is 11.3 Å². The van der Waals surface area contributed by atoms with Crippen LogP contribution in [0.3, 0.4) is 0 Å². The van der Waals surface area contributed by atoms with Crippen molar-refractivity contribution in [3.8, 4) is 17.0 Å². The highest BCUT2D eigenvalue weighted by atomic mass is 32.1. The second-order valence-corrected chi connectivity index (χ2v) is 8.99. The Morgan fingerprint density at radius 3 is 2.11 bits per heavy atom. The summed E-state index contributed by atoms with van der Waals surface area (Å²) in [5.74, 6) is 1.23. The topological polar surface area (TPSA) is 126 Å². The summed E-state index contributed by atoms with van der Waals surface area (Å²) in [6.45, 7) is 1.98. The zero-order chi connectivity index (χ0) is 26.3. The lowest BCUT2D eigenvalue weighted by Gasteiger charge is -2.11. The van der Waals surface area contributed by atoms with E-state index in [-0.39, 0.29) is 17.8 Å². The number of carbonyl (C=O) groups excluding carboxylic acids is 1. The Morgan fingerprint density at radius 1 is 0.737 bits per heavy atom. The highest BCUT2D eigenvalue weighted by molar-refractivity contribution is 7.14. The normalized spacial score (nSPS) is 10.5. The average Bonchev–Trinajstić information content (AvgIpc) is 3.39. The number of carbonyl (C=O) groups is 1. The highest BCUT2D eigenvalue weighted by Crippen LogP contribution is 2.27. The summed E-state index contributed by atoms with van der Waals surface area (Å²) in [6.07, 6.45) is 0. The Bertz CT molecular complexity index is 1520. The molecule has 3 aromatic carbocycles. The summed E-state index contributed by atoms with van der Waals surface area (Å²) in [5, 5.41) is 14.3. The van der Waals surface area contributed by atoms with Gasteiger partial charge in [-0.2, -0.15) is 15.0 Å². The number of thiazole rings is 1. The van der Waals surface area contributed by atoms with Crippen molar-refractivity contribution in [2.45, 2.75) is 6.92 Å². The Kier molecular flexibility index (Phi) is 7.37. The van der Waals surface area contributed by atoms with Gasteiger partial charge >= 0.3 is 6.03 Å². The molecule has 0 saturated heterocycles. The molecule has 4 N–H and O–H groups in total. The van der Waals surface area contributed by atoms with Crippen molar-refractivity contribution in [2.75, 3.05) is 28.4 Å². The summed E-state index contributed by atoms with van der Waals surface area (Å²) >= 11 is 1.42. The molecule has 190 valence electrons. The van der Waals surface area contributed by atoms with Gasteiger partial charge in [0.05, 0.1) is 12.8 Å². The van der Waals surface area contributed by atoms with Crippen LogP contribution in [-0.4, -0.2) is 33.1 Å². The third-order valence-electron chi connectivity index (χ3n) is 5.31. The van der Waals surface area contributed by atoms with E-state index >= 15 is 0 Å². The van der Waals surface area contributed by atoms with Gasteiger partial charge in [-0.1, -0.05) is 48.0 Å². The van der Waals surface area contributed by atoms with Crippen molar-refractivity contribution in [1.29, 1.82) is 0 Å². The molecule has 11 heteroatoms. The number of amides is 2. The lowest BCUT2D eigenvalue weighted by Crippen LogP contribution is -2.21. The van der Waals surface area contributed by atoms with Gasteiger partial charge in [-0.3, -0.25) is 10.6 Å². The van der Waals surface area contributed by atoms with Crippen LogP contribution in [-0.2, 0) is 0 Å². The molecule has 2 amide bonds. The number of hydrogen-bond donors (Lipinski definition) is 4. The van der Waals surface area contributed by atoms with Crippen LogP contribution in [0.4, 0.5) is 39.1 Å². The van der Waals surface area contributed by atoms with Crippen LogP contribution in [0.1, 0.15) is 5.56 Å². The van der Waals surface area contributed by atoms with E-state index in [0.29, 0.717) is 10.8 Å². The second kappa shape index (κ2) is 11.4. The second-order valence-electron chi connectivity index (χ2n) is 8.13. The first kappa shape index (κ1) is 24.7. The van der Waals surface area contributed by atoms with Gasteiger partial charge in [0, 0.05) is 22.3 Å². The number of nitrogens with one attached hydrogen (secondary N) is 4. The third-order valence-corrected chi connectivity index (χ3v) is 6.07. The third kappa shape index (κ3) is 6.39. The molecule has 0 unspecified atom stereocenters. The van der Waals surface area contributed by atoms with Crippen LogP contribution in [0.5, 0.6) is 5.75 Å². The maximum atomic E-state index is 12.6. The number of aryl methyl sites for hydroxylation is 1. The SMILES string of the molecule is COc1ccc(Nc2nc(NC(=O)Nc3ccc(C)cc3)nc(Nc3nc(-c4ccccc4)cs3)n2)cc1. The minimum atomic E-state index is -0.484. The van der Waals surface area contributed by atoms with Crippen molar-refractivity contribution in [3.05, 3.63) is 89.8 Å². The van der Waals surface area contributed by atoms with Gasteiger partial charge in [0.2, 0.25) is 17.8 Å². The highest BCUT2D eigenvalue weighted by Gasteiger charge is 2.13. The molecule has 5 rings (SSSR count). The molecule has 0 aliphatic rings.